The molecule has 0 saturated heterocycles. The van der Waals surface area contributed by atoms with Gasteiger partial charge in [-0.25, -0.2) is 9.18 Å². The van der Waals surface area contributed by atoms with E-state index < -0.39 is 11.8 Å². The highest BCUT2D eigenvalue weighted by Crippen LogP contribution is 2.25. The Morgan fingerprint density at radius 1 is 1.37 bits per heavy atom. The zero-order chi connectivity index (χ0) is 13.8. The number of anilines is 1. The van der Waals surface area contributed by atoms with Crippen molar-refractivity contribution in [1.29, 1.82) is 0 Å². The molecule has 2 N–H and O–H groups in total. The molecule has 1 aromatic carbocycles. The maximum absolute atomic E-state index is 13.3. The van der Waals surface area contributed by atoms with E-state index in [0.29, 0.717) is 11.3 Å². The van der Waals surface area contributed by atoms with E-state index in [1.807, 2.05) is 0 Å². The summed E-state index contributed by atoms with van der Waals surface area (Å²) < 4.78 is 18.0. The number of methoxy groups -OCH3 is 1. The maximum atomic E-state index is 13.3. The quantitative estimate of drug-likeness (QED) is 0.825. The average molecular weight is 267 g/mol. The van der Waals surface area contributed by atoms with Crippen LogP contribution >= 0.6 is 0 Å². The fraction of sp³-hybridized carbons (Fsp3) is 0.500. The van der Waals surface area contributed by atoms with E-state index in [2.05, 4.69) is 10.1 Å². The molecule has 1 aliphatic rings. The first-order chi connectivity index (χ1) is 9.10. The maximum Gasteiger partial charge on any atom is 0.339 e. The van der Waals surface area contributed by atoms with Crippen molar-refractivity contribution >= 4 is 11.7 Å². The Morgan fingerprint density at radius 2 is 2.05 bits per heavy atom. The highest BCUT2D eigenvalue weighted by molar-refractivity contribution is 5.95. The summed E-state index contributed by atoms with van der Waals surface area (Å²) in [6, 6.07) is 4.11. The van der Waals surface area contributed by atoms with Gasteiger partial charge in [0.2, 0.25) is 0 Å². The molecule has 4 nitrogen and oxygen atoms in total. The highest BCUT2D eigenvalue weighted by Gasteiger charge is 2.21. The highest BCUT2D eigenvalue weighted by atomic mass is 19.1. The summed E-state index contributed by atoms with van der Waals surface area (Å²) in [6.07, 6.45) is 2.81. The third kappa shape index (κ3) is 3.44. The van der Waals surface area contributed by atoms with Crippen LogP contribution < -0.4 is 5.32 Å². The predicted octanol–water partition coefficient (Wildman–Crippen LogP) is 2.33. The molecule has 2 rings (SSSR count). The van der Waals surface area contributed by atoms with Crippen molar-refractivity contribution in [3.8, 4) is 0 Å². The first-order valence-electron chi connectivity index (χ1n) is 6.42. The van der Waals surface area contributed by atoms with Gasteiger partial charge in [-0.15, -0.1) is 0 Å². The Bertz CT molecular complexity index is 456. The fourth-order valence-electron chi connectivity index (χ4n) is 2.36. The van der Waals surface area contributed by atoms with Crippen LogP contribution in [0.4, 0.5) is 10.1 Å². The molecule has 0 radical (unpaired) electrons. The third-order valence-electron chi connectivity index (χ3n) is 3.44. The number of aliphatic hydroxyl groups is 1. The van der Waals surface area contributed by atoms with Crippen molar-refractivity contribution < 1.29 is 19.0 Å². The van der Waals surface area contributed by atoms with E-state index in [0.717, 1.165) is 25.7 Å². The smallest absolute Gasteiger partial charge is 0.339 e. The third-order valence-corrected chi connectivity index (χ3v) is 3.44. The Morgan fingerprint density at radius 3 is 2.68 bits per heavy atom. The molecular weight excluding hydrogens is 249 g/mol. The zero-order valence-corrected chi connectivity index (χ0v) is 10.9. The van der Waals surface area contributed by atoms with Gasteiger partial charge in [0, 0.05) is 6.04 Å². The number of ether oxygens (including phenoxy) is 1. The minimum Gasteiger partial charge on any atom is -0.465 e. The van der Waals surface area contributed by atoms with Crippen molar-refractivity contribution in [2.75, 3.05) is 12.4 Å². The topological polar surface area (TPSA) is 58.6 Å². The summed E-state index contributed by atoms with van der Waals surface area (Å²) >= 11 is 0. The van der Waals surface area contributed by atoms with Crippen LogP contribution in [-0.4, -0.2) is 30.3 Å². The summed E-state index contributed by atoms with van der Waals surface area (Å²) in [4.78, 5) is 11.6. The second-order valence-electron chi connectivity index (χ2n) is 4.83. The van der Waals surface area contributed by atoms with Gasteiger partial charge in [-0.05, 0) is 43.9 Å². The Labute approximate surface area is 111 Å². The second kappa shape index (κ2) is 6.02. The molecule has 0 heterocycles. The molecule has 0 amide bonds. The minimum absolute atomic E-state index is 0.147. The molecule has 1 aliphatic carbocycles. The summed E-state index contributed by atoms with van der Waals surface area (Å²) in [6.45, 7) is 0. The monoisotopic (exact) mass is 267 g/mol. The van der Waals surface area contributed by atoms with Gasteiger partial charge >= 0.3 is 5.97 Å². The van der Waals surface area contributed by atoms with Crippen LogP contribution in [-0.2, 0) is 4.74 Å². The van der Waals surface area contributed by atoms with Crippen LogP contribution in [0.2, 0.25) is 0 Å². The number of hydrogen-bond donors (Lipinski definition) is 2. The predicted molar refractivity (Wildman–Crippen MR) is 69.6 cm³/mol. The second-order valence-corrected chi connectivity index (χ2v) is 4.83. The molecule has 1 fully saturated rings. The van der Waals surface area contributed by atoms with Crippen molar-refractivity contribution in [1.82, 2.24) is 0 Å². The molecule has 5 heteroatoms. The van der Waals surface area contributed by atoms with Crippen molar-refractivity contribution in [2.24, 2.45) is 0 Å². The average Bonchev–Trinajstić information content (AvgIpc) is 2.41. The van der Waals surface area contributed by atoms with Gasteiger partial charge in [0.1, 0.15) is 5.82 Å². The van der Waals surface area contributed by atoms with E-state index in [1.54, 1.807) is 0 Å². The first kappa shape index (κ1) is 13.8. The van der Waals surface area contributed by atoms with Crippen LogP contribution in [0.1, 0.15) is 36.0 Å². The number of rotatable bonds is 3. The van der Waals surface area contributed by atoms with Crippen molar-refractivity contribution in [2.45, 2.75) is 37.8 Å². The van der Waals surface area contributed by atoms with Crippen LogP contribution in [0.25, 0.3) is 0 Å². The van der Waals surface area contributed by atoms with Gasteiger partial charge < -0.3 is 15.2 Å². The summed E-state index contributed by atoms with van der Waals surface area (Å²) in [5.41, 5.74) is 0.781. The Hall–Kier alpha value is -1.62. The molecule has 104 valence electrons. The lowest BCUT2D eigenvalue weighted by molar-refractivity contribution is 0.0601. The van der Waals surface area contributed by atoms with Gasteiger partial charge in [-0.3, -0.25) is 0 Å². The molecule has 0 spiro atoms. The van der Waals surface area contributed by atoms with E-state index in [-0.39, 0.29) is 12.1 Å². The largest absolute Gasteiger partial charge is 0.465 e. The summed E-state index contributed by atoms with van der Waals surface area (Å²) in [7, 11) is 1.30. The van der Waals surface area contributed by atoms with E-state index in [9.17, 15) is 14.3 Å². The summed E-state index contributed by atoms with van der Waals surface area (Å²) in [5.74, 6) is -0.885. The molecule has 0 aliphatic heterocycles. The normalized spacial score (nSPS) is 22.9. The van der Waals surface area contributed by atoms with Crippen LogP contribution in [0.5, 0.6) is 0 Å². The molecule has 19 heavy (non-hydrogen) atoms. The van der Waals surface area contributed by atoms with E-state index in [4.69, 9.17) is 0 Å². The van der Waals surface area contributed by atoms with Crippen molar-refractivity contribution in [3.05, 3.63) is 29.6 Å². The van der Waals surface area contributed by atoms with E-state index >= 15 is 0 Å². The molecule has 0 atom stereocenters. The molecule has 1 aromatic rings. The lowest BCUT2D eigenvalue weighted by Gasteiger charge is -2.27. The van der Waals surface area contributed by atoms with E-state index in [1.165, 1.54) is 25.3 Å². The minimum atomic E-state index is -0.488. The molecule has 0 aromatic heterocycles. The van der Waals surface area contributed by atoms with Gasteiger partial charge in [0.15, 0.2) is 0 Å². The number of carbonyl (C=O) groups excluding carboxylic acids is 1. The summed E-state index contributed by atoms with van der Waals surface area (Å²) in [5, 5.41) is 12.6. The molecule has 0 unspecified atom stereocenters. The number of hydrogen-bond acceptors (Lipinski definition) is 4. The molecule has 0 bridgehead atoms. The lowest BCUT2D eigenvalue weighted by atomic mass is 9.93. The van der Waals surface area contributed by atoms with Crippen LogP contribution in [0.3, 0.4) is 0 Å². The van der Waals surface area contributed by atoms with Crippen LogP contribution in [0, 0.1) is 5.82 Å². The number of nitrogens with one attached hydrogen (secondary N) is 1. The SMILES string of the molecule is COC(=O)c1ccc(F)cc1NC1CCC(O)CC1. The Kier molecular flexibility index (Phi) is 4.37. The van der Waals surface area contributed by atoms with Gasteiger partial charge in [-0.2, -0.15) is 0 Å². The number of esters is 1. The van der Waals surface area contributed by atoms with Gasteiger partial charge in [0.05, 0.1) is 24.5 Å². The molecule has 1 saturated carbocycles. The van der Waals surface area contributed by atoms with Gasteiger partial charge in [0.25, 0.3) is 0 Å². The van der Waals surface area contributed by atoms with Gasteiger partial charge in [-0.1, -0.05) is 0 Å². The molecular formula is C14H18FNO3. The van der Waals surface area contributed by atoms with Crippen molar-refractivity contribution in [3.63, 3.8) is 0 Å². The lowest BCUT2D eigenvalue weighted by Crippen LogP contribution is -2.29. The Balaban J connectivity index is 2.14. The standard InChI is InChI=1S/C14H18FNO3/c1-19-14(18)12-7-2-9(15)8-13(12)16-10-3-5-11(17)6-4-10/h2,7-8,10-11,16-17H,3-6H2,1H3. The fourth-order valence-corrected chi connectivity index (χ4v) is 2.36. The number of halogens is 1. The van der Waals surface area contributed by atoms with Crippen LogP contribution in [0.15, 0.2) is 18.2 Å². The first-order valence-corrected chi connectivity index (χ1v) is 6.42. The number of aliphatic hydroxyl groups excluding tert-OH is 1. The number of carbonyl (C=O) groups is 1. The number of benzene rings is 1. The zero-order valence-electron chi connectivity index (χ0n) is 10.9.